The number of rotatable bonds is 2. The van der Waals surface area contributed by atoms with Gasteiger partial charge in [0.2, 0.25) is 0 Å². The van der Waals surface area contributed by atoms with E-state index < -0.39 is 0 Å². The molecule has 2 aromatic rings. The second-order valence-corrected chi connectivity index (χ2v) is 4.88. The third-order valence-electron chi connectivity index (χ3n) is 2.70. The lowest BCUT2D eigenvalue weighted by atomic mass is 10.1. The average Bonchev–Trinajstić information content (AvgIpc) is 2.48. The molecule has 0 aliphatic heterocycles. The number of hydrogen-bond donors (Lipinski definition) is 0. The molecule has 0 atom stereocenters. The zero-order valence-corrected chi connectivity index (χ0v) is 11.5. The van der Waals surface area contributed by atoms with E-state index in [0.717, 1.165) is 33.1 Å². The Balaban J connectivity index is 2.38. The van der Waals surface area contributed by atoms with Crippen molar-refractivity contribution in [3.8, 4) is 0 Å². The Morgan fingerprint density at radius 1 is 1.38 bits per heavy atom. The fourth-order valence-corrected chi connectivity index (χ4v) is 2.49. The minimum atomic E-state index is 0.789. The first kappa shape index (κ1) is 11.7. The van der Waals surface area contributed by atoms with Gasteiger partial charge in [-0.15, -0.1) is 0 Å². The minimum Gasteiger partial charge on any atom is -0.334 e. The fourth-order valence-electron chi connectivity index (χ4n) is 1.63. The van der Waals surface area contributed by atoms with Crippen LogP contribution in [0.25, 0.3) is 0 Å². The second kappa shape index (κ2) is 4.60. The quantitative estimate of drug-likeness (QED) is 0.826. The van der Waals surface area contributed by atoms with Gasteiger partial charge in [-0.1, -0.05) is 29.8 Å². The minimum absolute atomic E-state index is 0.789. The van der Waals surface area contributed by atoms with Gasteiger partial charge in [0.15, 0.2) is 0 Å². The molecule has 2 rings (SSSR count). The first-order chi connectivity index (χ1) is 7.59. The van der Waals surface area contributed by atoms with Crippen molar-refractivity contribution in [3.63, 3.8) is 0 Å². The molecule has 16 heavy (non-hydrogen) atoms. The van der Waals surface area contributed by atoms with Crippen molar-refractivity contribution >= 4 is 27.5 Å². The lowest BCUT2D eigenvalue weighted by Crippen LogP contribution is -2.00. The van der Waals surface area contributed by atoms with Gasteiger partial charge in [-0.3, -0.25) is 0 Å². The van der Waals surface area contributed by atoms with Gasteiger partial charge in [-0.05, 0) is 34.5 Å². The molecule has 2 nitrogen and oxygen atoms in total. The molecule has 0 unspecified atom stereocenters. The number of nitrogens with zero attached hydrogens (tertiary/aromatic N) is 2. The molecule has 0 N–H and O–H groups in total. The Bertz CT molecular complexity index is 520. The van der Waals surface area contributed by atoms with Crippen LogP contribution in [0.4, 0.5) is 0 Å². The molecule has 0 saturated carbocycles. The maximum absolute atomic E-state index is 6.14. The number of imidazole rings is 1. The Morgan fingerprint density at radius 3 is 2.62 bits per heavy atom. The van der Waals surface area contributed by atoms with Gasteiger partial charge in [-0.2, -0.15) is 0 Å². The summed E-state index contributed by atoms with van der Waals surface area (Å²) in [4.78, 5) is 4.37. The molecule has 0 amide bonds. The Labute approximate surface area is 108 Å². The van der Waals surface area contributed by atoms with E-state index in [4.69, 9.17) is 11.6 Å². The third-order valence-corrected chi connectivity index (χ3v) is 3.71. The summed E-state index contributed by atoms with van der Waals surface area (Å²) in [7, 11) is 2.01. The van der Waals surface area contributed by atoms with Gasteiger partial charge in [0.05, 0.1) is 5.69 Å². The predicted molar refractivity (Wildman–Crippen MR) is 69.9 cm³/mol. The Hall–Kier alpha value is -0.800. The highest BCUT2D eigenvalue weighted by Gasteiger charge is 2.11. The van der Waals surface area contributed by atoms with Gasteiger partial charge in [-0.25, -0.2) is 4.98 Å². The van der Waals surface area contributed by atoms with Crippen molar-refractivity contribution in [2.24, 2.45) is 7.05 Å². The Kier molecular flexibility index (Phi) is 3.36. The molecule has 0 aliphatic carbocycles. The van der Waals surface area contributed by atoms with E-state index in [-0.39, 0.29) is 0 Å². The first-order valence-electron chi connectivity index (χ1n) is 5.00. The van der Waals surface area contributed by atoms with Crippen LogP contribution >= 0.6 is 27.5 Å². The summed E-state index contributed by atoms with van der Waals surface area (Å²) < 4.78 is 2.97. The van der Waals surface area contributed by atoms with Crippen molar-refractivity contribution in [2.45, 2.75) is 13.3 Å². The summed E-state index contributed by atoms with van der Waals surface area (Å²) in [6.07, 6.45) is 0.789. The zero-order valence-electron chi connectivity index (χ0n) is 9.17. The fraction of sp³-hybridized carbons (Fsp3) is 0.250. The normalized spacial score (nSPS) is 10.8. The summed E-state index contributed by atoms with van der Waals surface area (Å²) in [5.74, 6) is 0.994. The molecule has 0 saturated heterocycles. The molecule has 0 spiro atoms. The summed E-state index contributed by atoms with van der Waals surface area (Å²) >= 11 is 9.62. The van der Waals surface area contributed by atoms with E-state index >= 15 is 0 Å². The van der Waals surface area contributed by atoms with Gasteiger partial charge < -0.3 is 4.57 Å². The van der Waals surface area contributed by atoms with Gasteiger partial charge >= 0.3 is 0 Å². The van der Waals surface area contributed by atoms with Crippen LogP contribution in [0.15, 0.2) is 28.9 Å². The van der Waals surface area contributed by atoms with Gasteiger partial charge in [0.1, 0.15) is 10.4 Å². The number of aromatic nitrogens is 2. The van der Waals surface area contributed by atoms with E-state index in [0.29, 0.717) is 0 Å². The van der Waals surface area contributed by atoms with Gasteiger partial charge in [0.25, 0.3) is 0 Å². The monoisotopic (exact) mass is 298 g/mol. The number of halogens is 2. The van der Waals surface area contributed by atoms with Crippen molar-refractivity contribution in [1.82, 2.24) is 9.55 Å². The molecule has 4 heteroatoms. The molecular formula is C12H12BrClN2. The summed E-state index contributed by atoms with van der Waals surface area (Å²) in [6, 6.07) is 7.89. The first-order valence-corrected chi connectivity index (χ1v) is 6.18. The maximum atomic E-state index is 6.14. The summed E-state index contributed by atoms with van der Waals surface area (Å²) in [5, 5.41) is 0.799. The van der Waals surface area contributed by atoms with E-state index in [1.54, 1.807) is 0 Å². The number of benzene rings is 1. The molecule has 0 radical (unpaired) electrons. The largest absolute Gasteiger partial charge is 0.334 e. The highest BCUT2D eigenvalue weighted by atomic mass is 79.9. The van der Waals surface area contributed by atoms with Crippen molar-refractivity contribution in [2.75, 3.05) is 0 Å². The summed E-state index contributed by atoms with van der Waals surface area (Å²) in [5.41, 5.74) is 2.26. The van der Waals surface area contributed by atoms with Gasteiger partial charge in [0, 0.05) is 18.5 Å². The van der Waals surface area contributed by atoms with Crippen LogP contribution in [0.5, 0.6) is 0 Å². The van der Waals surface area contributed by atoms with Crippen LogP contribution in [-0.4, -0.2) is 9.55 Å². The molecule has 1 aromatic heterocycles. The molecule has 1 heterocycles. The van der Waals surface area contributed by atoms with Crippen LogP contribution < -0.4 is 0 Å². The smallest absolute Gasteiger partial charge is 0.127 e. The third kappa shape index (κ3) is 2.15. The lowest BCUT2D eigenvalue weighted by Gasteiger charge is -2.06. The molecule has 84 valence electrons. The predicted octanol–water partition coefficient (Wildman–Crippen LogP) is 3.74. The van der Waals surface area contributed by atoms with E-state index in [1.165, 1.54) is 0 Å². The van der Waals surface area contributed by atoms with Crippen molar-refractivity contribution in [1.29, 1.82) is 0 Å². The zero-order chi connectivity index (χ0) is 11.7. The van der Waals surface area contributed by atoms with Crippen LogP contribution in [0.3, 0.4) is 0 Å². The standard InChI is InChI=1S/C12H12BrClN2/c1-8-15-12(13)11(16(8)2)7-9-5-3-4-6-10(9)14/h3-6H,7H2,1-2H3. The number of aryl methyl sites for hydroxylation is 1. The lowest BCUT2D eigenvalue weighted by molar-refractivity contribution is 0.805. The molecule has 0 fully saturated rings. The SMILES string of the molecule is Cc1nc(Br)c(Cc2ccccc2Cl)n1C. The van der Waals surface area contributed by atoms with Crippen LogP contribution in [0.1, 0.15) is 17.1 Å². The van der Waals surface area contributed by atoms with E-state index in [1.807, 2.05) is 38.2 Å². The van der Waals surface area contributed by atoms with E-state index in [2.05, 4.69) is 25.5 Å². The molecular weight excluding hydrogens is 288 g/mol. The van der Waals surface area contributed by atoms with Crippen molar-refractivity contribution < 1.29 is 0 Å². The topological polar surface area (TPSA) is 17.8 Å². The van der Waals surface area contributed by atoms with Crippen LogP contribution in [-0.2, 0) is 13.5 Å². The second-order valence-electron chi connectivity index (χ2n) is 3.72. The molecule has 0 aliphatic rings. The maximum Gasteiger partial charge on any atom is 0.127 e. The summed E-state index contributed by atoms with van der Waals surface area (Å²) in [6.45, 7) is 1.99. The van der Waals surface area contributed by atoms with Crippen molar-refractivity contribution in [3.05, 3.63) is 51.0 Å². The molecule has 0 bridgehead atoms. The highest BCUT2D eigenvalue weighted by molar-refractivity contribution is 9.10. The average molecular weight is 300 g/mol. The molecule has 1 aromatic carbocycles. The Morgan fingerprint density at radius 2 is 2.06 bits per heavy atom. The van der Waals surface area contributed by atoms with Crippen LogP contribution in [0, 0.1) is 6.92 Å². The van der Waals surface area contributed by atoms with Crippen LogP contribution in [0.2, 0.25) is 5.02 Å². The number of hydrogen-bond acceptors (Lipinski definition) is 1. The highest BCUT2D eigenvalue weighted by Crippen LogP contribution is 2.23. The van der Waals surface area contributed by atoms with E-state index in [9.17, 15) is 0 Å².